The Balaban J connectivity index is 1.66. The Kier molecular flexibility index (Phi) is 3.50. The van der Waals surface area contributed by atoms with E-state index >= 15 is 0 Å². The Morgan fingerprint density at radius 2 is 2.12 bits per heavy atom. The van der Waals surface area contributed by atoms with Crippen molar-refractivity contribution < 1.29 is 9.18 Å². The van der Waals surface area contributed by atoms with Crippen molar-refractivity contribution in [2.75, 3.05) is 5.32 Å². The fraction of sp³-hybridized carbons (Fsp3) is 0.0588. The standard InChI is InChI=1S/C17H13FN6O/c1-11-8-15-20-17(21-16(25)12-4-2-5-13(18)9-12)22-24(15)10-14(11)23-7-3-6-19-23/h2-10H,1H3,(H,21,22,25). The molecule has 8 heteroatoms. The number of pyridine rings is 1. The minimum absolute atomic E-state index is 0.145. The molecule has 25 heavy (non-hydrogen) atoms. The summed E-state index contributed by atoms with van der Waals surface area (Å²) >= 11 is 0. The van der Waals surface area contributed by atoms with E-state index in [9.17, 15) is 9.18 Å². The zero-order valence-electron chi connectivity index (χ0n) is 13.2. The summed E-state index contributed by atoms with van der Waals surface area (Å²) in [5.41, 5.74) is 2.60. The quantitative estimate of drug-likeness (QED) is 0.624. The number of anilines is 1. The van der Waals surface area contributed by atoms with Crippen molar-refractivity contribution in [2.45, 2.75) is 6.92 Å². The number of hydrogen-bond donors (Lipinski definition) is 1. The van der Waals surface area contributed by atoms with Gasteiger partial charge in [0.2, 0.25) is 5.95 Å². The van der Waals surface area contributed by atoms with E-state index in [1.165, 1.54) is 18.2 Å². The molecule has 4 rings (SSSR count). The number of aromatic nitrogens is 5. The Morgan fingerprint density at radius 3 is 2.88 bits per heavy atom. The van der Waals surface area contributed by atoms with E-state index in [1.54, 1.807) is 21.6 Å². The van der Waals surface area contributed by atoms with E-state index in [0.29, 0.717) is 5.65 Å². The van der Waals surface area contributed by atoms with Crippen LogP contribution in [-0.2, 0) is 0 Å². The number of halogens is 1. The summed E-state index contributed by atoms with van der Waals surface area (Å²) < 4.78 is 16.5. The van der Waals surface area contributed by atoms with E-state index in [4.69, 9.17) is 0 Å². The van der Waals surface area contributed by atoms with Crippen molar-refractivity contribution in [3.63, 3.8) is 0 Å². The van der Waals surface area contributed by atoms with Crippen molar-refractivity contribution in [3.05, 3.63) is 71.9 Å². The first-order chi connectivity index (χ1) is 12.1. The van der Waals surface area contributed by atoms with Crippen LogP contribution < -0.4 is 5.32 Å². The number of nitrogens with one attached hydrogen (secondary N) is 1. The predicted octanol–water partition coefficient (Wildman–Crippen LogP) is 2.61. The summed E-state index contributed by atoms with van der Waals surface area (Å²) in [6.07, 6.45) is 5.30. The van der Waals surface area contributed by atoms with Crippen LogP contribution in [0.15, 0.2) is 55.0 Å². The maximum absolute atomic E-state index is 13.2. The van der Waals surface area contributed by atoms with Crippen LogP contribution in [0.5, 0.6) is 0 Å². The van der Waals surface area contributed by atoms with Crippen LogP contribution in [0.25, 0.3) is 11.3 Å². The van der Waals surface area contributed by atoms with E-state index < -0.39 is 11.7 Å². The minimum Gasteiger partial charge on any atom is -0.289 e. The average Bonchev–Trinajstić information content (AvgIpc) is 3.23. The normalized spacial score (nSPS) is 11.0. The fourth-order valence-electron chi connectivity index (χ4n) is 2.52. The number of nitrogens with zero attached hydrogens (tertiary/aromatic N) is 5. The molecular weight excluding hydrogens is 323 g/mol. The molecule has 0 aliphatic heterocycles. The highest BCUT2D eigenvalue weighted by atomic mass is 19.1. The predicted molar refractivity (Wildman–Crippen MR) is 89.2 cm³/mol. The molecule has 0 aliphatic carbocycles. The summed E-state index contributed by atoms with van der Waals surface area (Å²) in [4.78, 5) is 16.5. The summed E-state index contributed by atoms with van der Waals surface area (Å²) in [7, 11) is 0. The molecule has 0 fully saturated rings. The van der Waals surface area contributed by atoms with Crippen molar-refractivity contribution in [3.8, 4) is 5.69 Å². The lowest BCUT2D eigenvalue weighted by molar-refractivity contribution is 0.102. The third-order valence-electron chi connectivity index (χ3n) is 3.72. The molecule has 4 aromatic rings. The fourth-order valence-corrected chi connectivity index (χ4v) is 2.52. The molecule has 0 spiro atoms. The van der Waals surface area contributed by atoms with Gasteiger partial charge in [-0.1, -0.05) is 6.07 Å². The largest absolute Gasteiger partial charge is 0.289 e. The molecule has 0 unspecified atom stereocenters. The summed E-state index contributed by atoms with van der Waals surface area (Å²) in [6, 6.07) is 9.11. The molecule has 0 saturated carbocycles. The molecule has 3 aromatic heterocycles. The van der Waals surface area contributed by atoms with Gasteiger partial charge in [-0.2, -0.15) is 10.1 Å². The smallest absolute Gasteiger partial charge is 0.258 e. The van der Waals surface area contributed by atoms with Gasteiger partial charge >= 0.3 is 0 Å². The molecule has 0 radical (unpaired) electrons. The first-order valence-corrected chi connectivity index (χ1v) is 7.54. The van der Waals surface area contributed by atoms with E-state index in [2.05, 4.69) is 20.5 Å². The zero-order chi connectivity index (χ0) is 17.4. The molecule has 0 saturated heterocycles. The lowest BCUT2D eigenvalue weighted by Gasteiger charge is -2.05. The van der Waals surface area contributed by atoms with Crippen LogP contribution in [0.3, 0.4) is 0 Å². The number of benzene rings is 1. The first-order valence-electron chi connectivity index (χ1n) is 7.54. The molecule has 1 aromatic carbocycles. The summed E-state index contributed by atoms with van der Waals surface area (Å²) in [6.45, 7) is 1.94. The molecule has 1 amide bonds. The number of rotatable bonds is 3. The van der Waals surface area contributed by atoms with Gasteiger partial charge in [0.1, 0.15) is 5.82 Å². The Labute approximate surface area is 141 Å². The van der Waals surface area contributed by atoms with Crippen molar-refractivity contribution >= 4 is 17.5 Å². The minimum atomic E-state index is -0.477. The third-order valence-corrected chi connectivity index (χ3v) is 3.72. The van der Waals surface area contributed by atoms with Crippen LogP contribution in [0, 0.1) is 12.7 Å². The number of carbonyl (C=O) groups is 1. The van der Waals surface area contributed by atoms with E-state index in [0.717, 1.165) is 17.3 Å². The van der Waals surface area contributed by atoms with Gasteiger partial charge in [0.25, 0.3) is 5.91 Å². The molecule has 124 valence electrons. The van der Waals surface area contributed by atoms with Crippen molar-refractivity contribution in [1.82, 2.24) is 24.4 Å². The zero-order valence-corrected chi connectivity index (χ0v) is 13.2. The second-order valence-electron chi connectivity index (χ2n) is 5.49. The van der Waals surface area contributed by atoms with Crippen LogP contribution in [-0.4, -0.2) is 30.3 Å². The molecule has 7 nitrogen and oxygen atoms in total. The number of fused-ring (bicyclic) bond motifs is 1. The maximum Gasteiger partial charge on any atom is 0.258 e. The highest BCUT2D eigenvalue weighted by molar-refractivity contribution is 6.03. The first kappa shape index (κ1) is 15.0. The van der Waals surface area contributed by atoms with Crippen LogP contribution in [0.1, 0.15) is 15.9 Å². The van der Waals surface area contributed by atoms with Gasteiger partial charge in [0.05, 0.1) is 11.9 Å². The Bertz CT molecular complexity index is 1070. The summed E-state index contributed by atoms with van der Waals surface area (Å²) in [5.74, 6) is -0.805. The van der Waals surface area contributed by atoms with Crippen LogP contribution >= 0.6 is 0 Å². The van der Waals surface area contributed by atoms with Gasteiger partial charge in [0.15, 0.2) is 5.65 Å². The van der Waals surface area contributed by atoms with Gasteiger partial charge in [-0.25, -0.2) is 13.6 Å². The van der Waals surface area contributed by atoms with Crippen molar-refractivity contribution in [1.29, 1.82) is 0 Å². The molecule has 0 atom stereocenters. The highest BCUT2D eigenvalue weighted by Crippen LogP contribution is 2.16. The van der Waals surface area contributed by atoms with Crippen LogP contribution in [0.4, 0.5) is 10.3 Å². The SMILES string of the molecule is Cc1cc2nc(NC(=O)c3cccc(F)c3)nn2cc1-n1cccn1. The van der Waals surface area contributed by atoms with Crippen molar-refractivity contribution in [2.24, 2.45) is 0 Å². The molecule has 3 heterocycles. The van der Waals surface area contributed by atoms with Crippen LogP contribution in [0.2, 0.25) is 0 Å². The number of amides is 1. The highest BCUT2D eigenvalue weighted by Gasteiger charge is 2.12. The molecular formula is C17H13FN6O. The molecule has 1 N–H and O–H groups in total. The number of aryl methyl sites for hydroxylation is 1. The second-order valence-corrected chi connectivity index (χ2v) is 5.49. The van der Waals surface area contributed by atoms with Gasteiger partial charge in [-0.15, -0.1) is 5.10 Å². The Hall–Kier alpha value is -3.55. The van der Waals surface area contributed by atoms with E-state index in [1.807, 2.05) is 25.3 Å². The van der Waals surface area contributed by atoms with Gasteiger partial charge in [0, 0.05) is 18.0 Å². The lowest BCUT2D eigenvalue weighted by Crippen LogP contribution is -2.13. The maximum atomic E-state index is 13.2. The monoisotopic (exact) mass is 336 g/mol. The topological polar surface area (TPSA) is 77.1 Å². The third kappa shape index (κ3) is 2.85. The Morgan fingerprint density at radius 1 is 1.24 bits per heavy atom. The lowest BCUT2D eigenvalue weighted by atomic mass is 10.2. The molecule has 0 bridgehead atoms. The van der Waals surface area contributed by atoms with Gasteiger partial charge < -0.3 is 0 Å². The number of hydrogen-bond acceptors (Lipinski definition) is 4. The van der Waals surface area contributed by atoms with Gasteiger partial charge in [-0.3, -0.25) is 10.1 Å². The average molecular weight is 336 g/mol. The number of carbonyl (C=O) groups excluding carboxylic acids is 1. The van der Waals surface area contributed by atoms with Gasteiger partial charge in [-0.05, 0) is 42.8 Å². The molecule has 0 aliphatic rings. The van der Waals surface area contributed by atoms with E-state index in [-0.39, 0.29) is 11.5 Å². The second kappa shape index (κ2) is 5.82. The summed E-state index contributed by atoms with van der Waals surface area (Å²) in [5, 5.41) is 11.0.